The van der Waals surface area contributed by atoms with Crippen LogP contribution in [0.1, 0.15) is 31.7 Å². The van der Waals surface area contributed by atoms with Crippen molar-refractivity contribution >= 4 is 17.9 Å². The Balaban J connectivity index is 1.67. The standard InChI is InChI=1S/C18H22N2O5/c1-2-18(13-7-4-3-5-8-13)16(22)20(17(23)19-18)11-15(21)25-12-14-9-6-10-24-14/h3-5,7-8,14H,2,6,9-12H2,1H3,(H,19,23)/t14-,18+/m1/s1. The molecule has 25 heavy (non-hydrogen) atoms. The minimum absolute atomic E-state index is 0.0916. The van der Waals surface area contributed by atoms with Crippen molar-refractivity contribution in [1.82, 2.24) is 10.2 Å². The Bertz CT molecular complexity index is 657. The Morgan fingerprint density at radius 3 is 2.76 bits per heavy atom. The first-order chi connectivity index (χ1) is 12.1. The maximum absolute atomic E-state index is 12.9. The van der Waals surface area contributed by atoms with Gasteiger partial charge in [-0.05, 0) is 24.8 Å². The van der Waals surface area contributed by atoms with E-state index < -0.39 is 30.0 Å². The molecule has 1 N–H and O–H groups in total. The number of nitrogens with zero attached hydrogens (tertiary/aromatic N) is 1. The van der Waals surface area contributed by atoms with Gasteiger partial charge in [0.25, 0.3) is 5.91 Å². The number of ether oxygens (including phenoxy) is 2. The van der Waals surface area contributed by atoms with E-state index in [1.165, 1.54) is 0 Å². The van der Waals surface area contributed by atoms with Gasteiger partial charge in [-0.3, -0.25) is 14.5 Å². The number of hydrogen-bond acceptors (Lipinski definition) is 5. The van der Waals surface area contributed by atoms with Crippen molar-refractivity contribution in [2.45, 2.75) is 37.8 Å². The van der Waals surface area contributed by atoms with Gasteiger partial charge in [-0.2, -0.15) is 0 Å². The number of imide groups is 1. The van der Waals surface area contributed by atoms with E-state index in [1.807, 2.05) is 25.1 Å². The van der Waals surface area contributed by atoms with Crippen molar-refractivity contribution < 1.29 is 23.9 Å². The molecule has 2 saturated heterocycles. The first kappa shape index (κ1) is 17.4. The summed E-state index contributed by atoms with van der Waals surface area (Å²) in [6, 6.07) is 8.47. The van der Waals surface area contributed by atoms with E-state index in [9.17, 15) is 14.4 Å². The summed E-state index contributed by atoms with van der Waals surface area (Å²) in [7, 11) is 0. The van der Waals surface area contributed by atoms with E-state index in [0.29, 0.717) is 18.6 Å². The first-order valence-corrected chi connectivity index (χ1v) is 8.53. The Morgan fingerprint density at radius 2 is 2.12 bits per heavy atom. The van der Waals surface area contributed by atoms with Gasteiger partial charge < -0.3 is 14.8 Å². The van der Waals surface area contributed by atoms with Gasteiger partial charge in [-0.1, -0.05) is 37.3 Å². The van der Waals surface area contributed by atoms with Crippen molar-refractivity contribution in [3.63, 3.8) is 0 Å². The quantitative estimate of drug-likeness (QED) is 0.624. The van der Waals surface area contributed by atoms with Crippen molar-refractivity contribution in [1.29, 1.82) is 0 Å². The number of urea groups is 1. The fourth-order valence-electron chi connectivity index (χ4n) is 3.27. The van der Waals surface area contributed by atoms with Crippen LogP contribution in [0.15, 0.2) is 30.3 Å². The van der Waals surface area contributed by atoms with Crippen LogP contribution in [0.4, 0.5) is 4.79 Å². The number of carbonyl (C=O) groups is 3. The van der Waals surface area contributed by atoms with Crippen LogP contribution in [0.3, 0.4) is 0 Å². The number of nitrogens with one attached hydrogen (secondary N) is 1. The highest BCUT2D eigenvalue weighted by molar-refractivity contribution is 6.09. The molecule has 134 valence electrons. The fourth-order valence-corrected chi connectivity index (χ4v) is 3.27. The smallest absolute Gasteiger partial charge is 0.326 e. The third-order valence-corrected chi connectivity index (χ3v) is 4.71. The van der Waals surface area contributed by atoms with Crippen molar-refractivity contribution in [2.75, 3.05) is 19.8 Å². The lowest BCUT2D eigenvalue weighted by atomic mass is 9.87. The number of carbonyl (C=O) groups excluding carboxylic acids is 3. The Hall–Kier alpha value is -2.41. The molecule has 2 heterocycles. The predicted octanol–water partition coefficient (Wildman–Crippen LogP) is 1.57. The topological polar surface area (TPSA) is 84.9 Å². The molecule has 0 aromatic heterocycles. The summed E-state index contributed by atoms with van der Waals surface area (Å²) in [6.07, 6.45) is 2.10. The van der Waals surface area contributed by atoms with Gasteiger partial charge in [0, 0.05) is 6.61 Å². The lowest BCUT2D eigenvalue weighted by Crippen LogP contribution is -2.44. The highest BCUT2D eigenvalue weighted by Crippen LogP contribution is 2.32. The Labute approximate surface area is 146 Å². The van der Waals surface area contributed by atoms with Crippen LogP contribution in [0, 0.1) is 0 Å². The molecule has 0 bridgehead atoms. The summed E-state index contributed by atoms with van der Waals surface area (Å²) < 4.78 is 10.5. The Kier molecular flexibility index (Phi) is 5.03. The molecule has 0 radical (unpaired) electrons. The molecule has 2 aliphatic rings. The van der Waals surface area contributed by atoms with E-state index in [4.69, 9.17) is 9.47 Å². The summed E-state index contributed by atoms with van der Waals surface area (Å²) in [6.45, 7) is 2.25. The van der Waals surface area contributed by atoms with Gasteiger partial charge in [-0.15, -0.1) is 0 Å². The molecule has 3 amide bonds. The second-order valence-electron chi connectivity index (χ2n) is 6.26. The summed E-state index contributed by atoms with van der Waals surface area (Å²) >= 11 is 0. The highest BCUT2D eigenvalue weighted by Gasteiger charge is 2.51. The second kappa shape index (κ2) is 7.23. The maximum Gasteiger partial charge on any atom is 0.326 e. The van der Waals surface area contributed by atoms with E-state index in [1.54, 1.807) is 12.1 Å². The average molecular weight is 346 g/mol. The maximum atomic E-state index is 12.9. The largest absolute Gasteiger partial charge is 0.462 e. The molecule has 1 aromatic carbocycles. The summed E-state index contributed by atoms with van der Waals surface area (Å²) in [4.78, 5) is 38.1. The molecule has 0 unspecified atom stereocenters. The van der Waals surface area contributed by atoms with E-state index in [0.717, 1.165) is 17.7 Å². The summed E-state index contributed by atoms with van der Waals surface area (Å²) in [5.41, 5.74) is -0.432. The number of esters is 1. The third-order valence-electron chi connectivity index (χ3n) is 4.71. The SMILES string of the molecule is CC[C@@]1(c2ccccc2)NC(=O)N(CC(=O)OC[C@H]2CCCO2)C1=O. The zero-order valence-electron chi connectivity index (χ0n) is 14.2. The van der Waals surface area contributed by atoms with Crippen LogP contribution in [0.2, 0.25) is 0 Å². The number of hydrogen-bond donors (Lipinski definition) is 1. The van der Waals surface area contributed by atoms with Gasteiger partial charge in [-0.25, -0.2) is 4.79 Å². The highest BCUT2D eigenvalue weighted by atomic mass is 16.6. The molecule has 1 aromatic rings. The second-order valence-corrected chi connectivity index (χ2v) is 6.26. The third kappa shape index (κ3) is 3.37. The van der Waals surface area contributed by atoms with Crippen LogP contribution in [0.25, 0.3) is 0 Å². The Morgan fingerprint density at radius 1 is 1.36 bits per heavy atom. The van der Waals surface area contributed by atoms with E-state index >= 15 is 0 Å². The first-order valence-electron chi connectivity index (χ1n) is 8.53. The minimum Gasteiger partial charge on any atom is -0.462 e. The zero-order valence-corrected chi connectivity index (χ0v) is 14.2. The molecular weight excluding hydrogens is 324 g/mol. The molecule has 2 fully saturated rings. The van der Waals surface area contributed by atoms with E-state index in [-0.39, 0.29) is 12.7 Å². The molecule has 2 atom stereocenters. The zero-order chi connectivity index (χ0) is 17.9. The van der Waals surface area contributed by atoms with Crippen molar-refractivity contribution in [3.05, 3.63) is 35.9 Å². The molecule has 2 aliphatic heterocycles. The molecule has 0 saturated carbocycles. The monoisotopic (exact) mass is 346 g/mol. The molecule has 3 rings (SSSR count). The van der Waals surface area contributed by atoms with Gasteiger partial charge in [0.2, 0.25) is 0 Å². The van der Waals surface area contributed by atoms with Gasteiger partial charge >= 0.3 is 12.0 Å². The molecular formula is C18H22N2O5. The van der Waals surface area contributed by atoms with Crippen LogP contribution in [0.5, 0.6) is 0 Å². The average Bonchev–Trinajstić information content (AvgIpc) is 3.23. The van der Waals surface area contributed by atoms with Gasteiger partial charge in [0.05, 0.1) is 6.10 Å². The van der Waals surface area contributed by atoms with Gasteiger partial charge in [0.1, 0.15) is 18.7 Å². The molecule has 0 spiro atoms. The lowest BCUT2D eigenvalue weighted by Gasteiger charge is -2.25. The van der Waals surface area contributed by atoms with Crippen molar-refractivity contribution in [3.8, 4) is 0 Å². The normalized spacial score (nSPS) is 26.0. The summed E-state index contributed by atoms with van der Waals surface area (Å²) in [5, 5.41) is 2.74. The molecule has 7 heteroatoms. The van der Waals surface area contributed by atoms with Gasteiger partial charge in [0.15, 0.2) is 0 Å². The van der Waals surface area contributed by atoms with E-state index in [2.05, 4.69) is 5.32 Å². The number of benzene rings is 1. The fraction of sp³-hybridized carbons (Fsp3) is 0.500. The van der Waals surface area contributed by atoms with Crippen LogP contribution in [-0.4, -0.2) is 48.7 Å². The van der Waals surface area contributed by atoms with Crippen LogP contribution >= 0.6 is 0 Å². The van der Waals surface area contributed by atoms with Crippen LogP contribution in [-0.2, 0) is 24.6 Å². The number of amides is 3. The minimum atomic E-state index is -1.13. The summed E-state index contributed by atoms with van der Waals surface area (Å²) in [5.74, 6) is -1.04. The number of rotatable bonds is 6. The molecule has 0 aliphatic carbocycles. The lowest BCUT2D eigenvalue weighted by molar-refractivity contribution is -0.150. The van der Waals surface area contributed by atoms with Crippen LogP contribution < -0.4 is 5.32 Å². The van der Waals surface area contributed by atoms with Crippen molar-refractivity contribution in [2.24, 2.45) is 0 Å². The molecule has 7 nitrogen and oxygen atoms in total. The predicted molar refractivity (Wildman–Crippen MR) is 88.6 cm³/mol.